The molecule has 0 unspecified atom stereocenters. The van der Waals surface area contributed by atoms with Gasteiger partial charge in [0.2, 0.25) is 5.91 Å². The van der Waals surface area contributed by atoms with Crippen LogP contribution in [0.15, 0.2) is 24.3 Å². The molecule has 2 aliphatic heterocycles. The van der Waals surface area contributed by atoms with E-state index in [4.69, 9.17) is 9.47 Å². The largest absolute Gasteiger partial charge is 0.493 e. The van der Waals surface area contributed by atoms with Crippen molar-refractivity contribution in [3.05, 3.63) is 24.3 Å². The summed E-state index contributed by atoms with van der Waals surface area (Å²) in [5, 5.41) is 3.33. The summed E-state index contributed by atoms with van der Waals surface area (Å²) < 4.78 is 11.2. The van der Waals surface area contributed by atoms with Crippen LogP contribution in [0.3, 0.4) is 0 Å². The Labute approximate surface area is 137 Å². The summed E-state index contributed by atoms with van der Waals surface area (Å²) in [5.74, 6) is 1.57. The van der Waals surface area contributed by atoms with Crippen molar-refractivity contribution in [3.63, 3.8) is 0 Å². The number of nitrogens with zero attached hydrogens (tertiary/aromatic N) is 1. The van der Waals surface area contributed by atoms with E-state index in [-0.39, 0.29) is 18.0 Å². The second-order valence-corrected chi connectivity index (χ2v) is 6.68. The van der Waals surface area contributed by atoms with Crippen molar-refractivity contribution in [1.29, 1.82) is 0 Å². The summed E-state index contributed by atoms with van der Waals surface area (Å²) in [7, 11) is 0. The predicted molar refractivity (Wildman–Crippen MR) is 89.7 cm³/mol. The van der Waals surface area contributed by atoms with Crippen LogP contribution in [0.4, 0.5) is 5.69 Å². The highest BCUT2D eigenvalue weighted by atomic mass is 16.5. The number of benzene rings is 1. The molecule has 1 N–H and O–H groups in total. The third-order valence-corrected chi connectivity index (χ3v) is 4.57. The Hall–Kier alpha value is -1.75. The zero-order valence-corrected chi connectivity index (χ0v) is 14.0. The van der Waals surface area contributed by atoms with E-state index in [0.717, 1.165) is 44.0 Å². The number of likely N-dealkylation sites (tertiary alicyclic amines) is 1. The topological polar surface area (TPSA) is 50.8 Å². The lowest BCUT2D eigenvalue weighted by atomic mass is 10.1. The quantitative estimate of drug-likeness (QED) is 0.876. The molecule has 2 aliphatic rings. The Bertz CT molecular complexity index is 524. The highest BCUT2D eigenvalue weighted by Gasteiger charge is 2.32. The fraction of sp³-hybridized carbons (Fsp3) is 0.611. The Kier molecular flexibility index (Phi) is 5.06. The first-order valence-corrected chi connectivity index (χ1v) is 8.51. The number of rotatable bonds is 6. The molecule has 0 radical (unpaired) electrons. The monoisotopic (exact) mass is 318 g/mol. The molecular weight excluding hydrogens is 292 g/mol. The van der Waals surface area contributed by atoms with Gasteiger partial charge in [-0.05, 0) is 51.0 Å². The van der Waals surface area contributed by atoms with Crippen molar-refractivity contribution in [2.24, 2.45) is 5.92 Å². The van der Waals surface area contributed by atoms with E-state index in [1.165, 1.54) is 0 Å². The van der Waals surface area contributed by atoms with Crippen LogP contribution < -0.4 is 10.1 Å². The van der Waals surface area contributed by atoms with Crippen LogP contribution in [0.1, 0.15) is 26.7 Å². The Morgan fingerprint density at radius 1 is 1.30 bits per heavy atom. The van der Waals surface area contributed by atoms with Gasteiger partial charge in [0.15, 0.2) is 0 Å². The number of ether oxygens (including phenoxy) is 2. The fourth-order valence-corrected chi connectivity index (χ4v) is 3.13. The van der Waals surface area contributed by atoms with Gasteiger partial charge in [-0.15, -0.1) is 0 Å². The summed E-state index contributed by atoms with van der Waals surface area (Å²) in [6.45, 7) is 7.30. The van der Waals surface area contributed by atoms with Gasteiger partial charge in [-0.1, -0.05) is 0 Å². The van der Waals surface area contributed by atoms with Crippen LogP contribution in [0.25, 0.3) is 0 Å². The number of amides is 1. The van der Waals surface area contributed by atoms with Gasteiger partial charge < -0.3 is 19.7 Å². The van der Waals surface area contributed by atoms with E-state index < -0.39 is 0 Å². The van der Waals surface area contributed by atoms with E-state index >= 15 is 0 Å². The highest BCUT2D eigenvalue weighted by molar-refractivity contribution is 5.87. The zero-order chi connectivity index (χ0) is 16.2. The smallest absolute Gasteiger partial charge is 0.245 e. The maximum atomic E-state index is 12.3. The van der Waals surface area contributed by atoms with Gasteiger partial charge in [0.05, 0.1) is 13.2 Å². The molecule has 1 aromatic rings. The van der Waals surface area contributed by atoms with Crippen molar-refractivity contribution < 1.29 is 14.3 Å². The van der Waals surface area contributed by atoms with Crippen LogP contribution in [-0.4, -0.2) is 49.3 Å². The number of carbonyl (C=O) groups excluding carboxylic acids is 1. The van der Waals surface area contributed by atoms with Crippen LogP contribution in [-0.2, 0) is 9.53 Å². The molecule has 0 bridgehead atoms. The highest BCUT2D eigenvalue weighted by Crippen LogP contribution is 2.22. The first kappa shape index (κ1) is 16.1. The predicted octanol–water partition coefficient (Wildman–Crippen LogP) is 2.52. The lowest BCUT2D eigenvalue weighted by Crippen LogP contribution is -2.37. The second-order valence-electron chi connectivity index (χ2n) is 6.68. The van der Waals surface area contributed by atoms with Gasteiger partial charge in [-0.3, -0.25) is 4.79 Å². The van der Waals surface area contributed by atoms with Crippen molar-refractivity contribution in [1.82, 2.24) is 4.90 Å². The van der Waals surface area contributed by atoms with Gasteiger partial charge >= 0.3 is 0 Å². The molecule has 23 heavy (non-hydrogen) atoms. The first-order valence-electron chi connectivity index (χ1n) is 8.51. The first-order chi connectivity index (χ1) is 11.1. The molecular formula is C18H26N2O3. The molecule has 2 saturated heterocycles. The standard InChI is InChI=1S/C18H26N2O3/c1-13(2)20-9-7-17(18(20)21)19-15-3-5-16(6-4-15)23-12-14-8-10-22-11-14/h3-6,13-14,17,19H,7-12H2,1-2H3/t14-,17-/m1/s1. The molecule has 1 amide bonds. The summed E-state index contributed by atoms with van der Waals surface area (Å²) in [5.41, 5.74) is 0.963. The maximum Gasteiger partial charge on any atom is 0.245 e. The normalized spacial score (nSPS) is 24.5. The number of hydrogen-bond acceptors (Lipinski definition) is 4. The lowest BCUT2D eigenvalue weighted by molar-refractivity contribution is -0.129. The molecule has 5 nitrogen and oxygen atoms in total. The number of anilines is 1. The number of carbonyl (C=O) groups is 1. The SMILES string of the molecule is CC(C)N1CC[C@@H](Nc2ccc(OC[C@@H]3CCOC3)cc2)C1=O. The van der Waals surface area contributed by atoms with Crippen LogP contribution >= 0.6 is 0 Å². The Morgan fingerprint density at radius 2 is 2.09 bits per heavy atom. The van der Waals surface area contributed by atoms with Crippen molar-refractivity contribution in [2.75, 3.05) is 31.7 Å². The number of hydrogen-bond donors (Lipinski definition) is 1. The van der Waals surface area contributed by atoms with Crippen molar-refractivity contribution in [2.45, 2.75) is 38.8 Å². The van der Waals surface area contributed by atoms with Crippen LogP contribution in [0, 0.1) is 5.92 Å². The minimum atomic E-state index is -0.111. The lowest BCUT2D eigenvalue weighted by Gasteiger charge is -2.21. The Morgan fingerprint density at radius 3 is 2.70 bits per heavy atom. The average molecular weight is 318 g/mol. The molecule has 0 aromatic heterocycles. The summed E-state index contributed by atoms with van der Waals surface area (Å²) in [4.78, 5) is 14.2. The summed E-state index contributed by atoms with van der Waals surface area (Å²) in [6, 6.07) is 8.03. The molecule has 2 heterocycles. The molecule has 1 aromatic carbocycles. The molecule has 2 fully saturated rings. The van der Waals surface area contributed by atoms with Crippen LogP contribution in [0.5, 0.6) is 5.75 Å². The molecule has 3 rings (SSSR count). The summed E-state index contributed by atoms with van der Waals surface area (Å²) >= 11 is 0. The third kappa shape index (κ3) is 3.96. The van der Waals surface area contributed by atoms with Gasteiger partial charge in [-0.25, -0.2) is 0 Å². The Balaban J connectivity index is 1.50. The van der Waals surface area contributed by atoms with Gasteiger partial charge in [-0.2, -0.15) is 0 Å². The van der Waals surface area contributed by atoms with Gasteiger partial charge in [0.25, 0.3) is 0 Å². The second kappa shape index (κ2) is 7.21. The average Bonchev–Trinajstić information content (AvgIpc) is 3.17. The minimum Gasteiger partial charge on any atom is -0.493 e. The van der Waals surface area contributed by atoms with Crippen molar-refractivity contribution in [3.8, 4) is 5.75 Å². The summed E-state index contributed by atoms with van der Waals surface area (Å²) in [6.07, 6.45) is 1.94. The van der Waals surface area contributed by atoms with E-state index in [2.05, 4.69) is 19.2 Å². The number of nitrogens with one attached hydrogen (secondary N) is 1. The molecule has 0 spiro atoms. The molecule has 0 saturated carbocycles. The molecule has 5 heteroatoms. The van der Waals surface area contributed by atoms with E-state index in [1.807, 2.05) is 29.2 Å². The molecule has 126 valence electrons. The van der Waals surface area contributed by atoms with E-state index in [9.17, 15) is 4.79 Å². The van der Waals surface area contributed by atoms with Gasteiger partial charge in [0, 0.05) is 30.8 Å². The van der Waals surface area contributed by atoms with Gasteiger partial charge in [0.1, 0.15) is 11.8 Å². The van der Waals surface area contributed by atoms with Crippen LogP contribution in [0.2, 0.25) is 0 Å². The fourth-order valence-electron chi connectivity index (χ4n) is 3.13. The maximum absolute atomic E-state index is 12.3. The van der Waals surface area contributed by atoms with E-state index in [0.29, 0.717) is 12.5 Å². The zero-order valence-electron chi connectivity index (χ0n) is 14.0. The molecule has 2 atom stereocenters. The third-order valence-electron chi connectivity index (χ3n) is 4.57. The van der Waals surface area contributed by atoms with Crippen molar-refractivity contribution >= 4 is 11.6 Å². The van der Waals surface area contributed by atoms with E-state index in [1.54, 1.807) is 0 Å². The molecule has 0 aliphatic carbocycles. The minimum absolute atomic E-state index is 0.111.